The Labute approximate surface area is 146 Å². The van der Waals surface area contributed by atoms with Crippen molar-refractivity contribution in [1.82, 2.24) is 9.97 Å². The third-order valence-electron chi connectivity index (χ3n) is 4.34. The van der Waals surface area contributed by atoms with Gasteiger partial charge in [0.25, 0.3) is 0 Å². The maximum atomic E-state index is 12.3. The van der Waals surface area contributed by atoms with Crippen LogP contribution >= 0.6 is 0 Å². The summed E-state index contributed by atoms with van der Waals surface area (Å²) in [4.78, 5) is 23.1. The maximum Gasteiger partial charge on any atom is 0.231 e. The number of para-hydroxylation sites is 1. The van der Waals surface area contributed by atoms with Gasteiger partial charge in [-0.1, -0.05) is 48.5 Å². The minimum absolute atomic E-state index is 0.0182. The van der Waals surface area contributed by atoms with E-state index >= 15 is 0 Å². The Bertz CT molecular complexity index is 861. The summed E-state index contributed by atoms with van der Waals surface area (Å²) in [7, 11) is 0. The highest BCUT2D eigenvalue weighted by Crippen LogP contribution is 2.26. The van der Waals surface area contributed by atoms with Crippen molar-refractivity contribution in [3.8, 4) is 11.3 Å². The van der Waals surface area contributed by atoms with E-state index < -0.39 is 0 Å². The Morgan fingerprint density at radius 2 is 1.64 bits per heavy atom. The fraction of sp³-hybridized carbons (Fsp3) is 0.150. The second-order valence-electron chi connectivity index (χ2n) is 6.08. The maximum absolute atomic E-state index is 12.3. The molecule has 1 N–H and O–H groups in total. The summed E-state index contributed by atoms with van der Waals surface area (Å²) in [5.74, 6) is 0.896. The third-order valence-corrected chi connectivity index (χ3v) is 4.34. The molecular formula is C20H18N4O. The van der Waals surface area contributed by atoms with E-state index in [4.69, 9.17) is 0 Å². The molecule has 1 fully saturated rings. The van der Waals surface area contributed by atoms with E-state index in [0.29, 0.717) is 13.1 Å². The average molecular weight is 330 g/mol. The number of nitrogens with zero attached hydrogens (tertiary/aromatic N) is 3. The third kappa shape index (κ3) is 3.35. The van der Waals surface area contributed by atoms with E-state index in [0.717, 1.165) is 22.8 Å². The largest absolute Gasteiger partial charge is 0.355 e. The van der Waals surface area contributed by atoms with Crippen LogP contribution in [-0.2, 0) is 4.79 Å². The molecule has 0 saturated carbocycles. The van der Waals surface area contributed by atoms with Gasteiger partial charge in [-0.3, -0.25) is 4.79 Å². The molecule has 1 amide bonds. The first-order valence-corrected chi connectivity index (χ1v) is 8.28. The standard InChI is InChI=1S/C20H18N4O/c25-20(23-17-9-5-2-6-10-17)16-12-24(13-16)19-11-18(21-14-22-19)15-7-3-1-4-8-15/h1-11,14,16H,12-13H2,(H,23,25). The van der Waals surface area contributed by atoms with Crippen LogP contribution in [0.3, 0.4) is 0 Å². The van der Waals surface area contributed by atoms with Gasteiger partial charge >= 0.3 is 0 Å². The zero-order valence-electron chi connectivity index (χ0n) is 13.7. The molecule has 2 heterocycles. The molecule has 0 spiro atoms. The van der Waals surface area contributed by atoms with Gasteiger partial charge < -0.3 is 10.2 Å². The molecule has 1 aromatic heterocycles. The van der Waals surface area contributed by atoms with Crippen molar-refractivity contribution >= 4 is 17.4 Å². The Morgan fingerprint density at radius 3 is 2.36 bits per heavy atom. The van der Waals surface area contributed by atoms with Crippen molar-refractivity contribution < 1.29 is 4.79 Å². The molecule has 25 heavy (non-hydrogen) atoms. The Balaban J connectivity index is 1.40. The zero-order valence-corrected chi connectivity index (χ0v) is 13.7. The van der Waals surface area contributed by atoms with Crippen LogP contribution in [-0.4, -0.2) is 29.0 Å². The van der Waals surface area contributed by atoms with Gasteiger partial charge in [-0.15, -0.1) is 0 Å². The highest BCUT2D eigenvalue weighted by Gasteiger charge is 2.33. The van der Waals surface area contributed by atoms with Gasteiger partial charge in [-0.2, -0.15) is 0 Å². The van der Waals surface area contributed by atoms with Crippen LogP contribution in [0.4, 0.5) is 11.5 Å². The lowest BCUT2D eigenvalue weighted by Crippen LogP contribution is -2.52. The van der Waals surface area contributed by atoms with E-state index in [9.17, 15) is 4.79 Å². The topological polar surface area (TPSA) is 58.1 Å². The van der Waals surface area contributed by atoms with Gasteiger partial charge in [-0.25, -0.2) is 9.97 Å². The second kappa shape index (κ2) is 6.73. The van der Waals surface area contributed by atoms with Crippen LogP contribution in [0.5, 0.6) is 0 Å². The molecule has 0 radical (unpaired) electrons. The first-order valence-electron chi connectivity index (χ1n) is 8.28. The van der Waals surface area contributed by atoms with Crippen LogP contribution < -0.4 is 10.2 Å². The molecule has 0 atom stereocenters. The monoisotopic (exact) mass is 330 g/mol. The van der Waals surface area contributed by atoms with Gasteiger partial charge in [-0.05, 0) is 12.1 Å². The number of anilines is 2. The number of nitrogens with one attached hydrogen (secondary N) is 1. The normalized spacial score (nSPS) is 14.0. The van der Waals surface area contributed by atoms with Crippen LogP contribution in [0.1, 0.15) is 0 Å². The summed E-state index contributed by atoms with van der Waals surface area (Å²) >= 11 is 0. The number of carbonyl (C=O) groups excluding carboxylic acids is 1. The van der Waals surface area contributed by atoms with E-state index in [1.165, 1.54) is 0 Å². The molecular weight excluding hydrogens is 312 g/mol. The smallest absolute Gasteiger partial charge is 0.231 e. The number of rotatable bonds is 4. The molecule has 5 heteroatoms. The molecule has 124 valence electrons. The van der Waals surface area contributed by atoms with Crippen LogP contribution in [0, 0.1) is 5.92 Å². The highest BCUT2D eigenvalue weighted by molar-refractivity contribution is 5.94. The molecule has 3 aromatic rings. The van der Waals surface area contributed by atoms with Crippen molar-refractivity contribution in [2.24, 2.45) is 5.92 Å². The van der Waals surface area contributed by atoms with Gasteiger partial charge in [0.1, 0.15) is 12.1 Å². The summed E-state index contributed by atoms with van der Waals surface area (Å²) in [5, 5.41) is 2.95. The van der Waals surface area contributed by atoms with Gasteiger partial charge in [0.15, 0.2) is 0 Å². The van der Waals surface area contributed by atoms with Crippen molar-refractivity contribution in [3.63, 3.8) is 0 Å². The summed E-state index contributed by atoms with van der Waals surface area (Å²) in [6, 6.07) is 21.5. The Hall–Kier alpha value is -3.21. The summed E-state index contributed by atoms with van der Waals surface area (Å²) in [6.45, 7) is 1.34. The molecule has 1 aliphatic rings. The van der Waals surface area contributed by atoms with Crippen molar-refractivity contribution in [1.29, 1.82) is 0 Å². The molecule has 4 rings (SSSR count). The van der Waals surface area contributed by atoms with E-state index in [1.54, 1.807) is 6.33 Å². The lowest BCUT2D eigenvalue weighted by atomic mass is 9.99. The highest BCUT2D eigenvalue weighted by atomic mass is 16.2. The molecule has 0 bridgehead atoms. The lowest BCUT2D eigenvalue weighted by molar-refractivity contribution is -0.120. The van der Waals surface area contributed by atoms with Gasteiger partial charge in [0.05, 0.1) is 11.6 Å². The van der Waals surface area contributed by atoms with Crippen molar-refractivity contribution in [3.05, 3.63) is 73.1 Å². The first kappa shape index (κ1) is 15.3. The minimum Gasteiger partial charge on any atom is -0.355 e. The van der Waals surface area contributed by atoms with Gasteiger partial charge in [0, 0.05) is 30.4 Å². The molecule has 1 saturated heterocycles. The SMILES string of the molecule is O=C(Nc1ccccc1)C1CN(c2cc(-c3ccccc3)ncn2)C1. The fourth-order valence-corrected chi connectivity index (χ4v) is 2.88. The molecule has 0 unspecified atom stereocenters. The Morgan fingerprint density at radius 1 is 0.960 bits per heavy atom. The van der Waals surface area contributed by atoms with Crippen LogP contribution in [0.15, 0.2) is 73.1 Å². The van der Waals surface area contributed by atoms with Crippen LogP contribution in [0.2, 0.25) is 0 Å². The first-order chi connectivity index (χ1) is 12.3. The van der Waals surface area contributed by atoms with Crippen LogP contribution in [0.25, 0.3) is 11.3 Å². The Kier molecular flexibility index (Phi) is 4.12. The number of hydrogen-bond donors (Lipinski definition) is 1. The molecule has 0 aliphatic carbocycles. The lowest BCUT2D eigenvalue weighted by Gasteiger charge is -2.39. The fourth-order valence-electron chi connectivity index (χ4n) is 2.88. The summed E-state index contributed by atoms with van der Waals surface area (Å²) < 4.78 is 0. The predicted molar refractivity (Wildman–Crippen MR) is 98.2 cm³/mol. The van der Waals surface area contributed by atoms with E-state index in [-0.39, 0.29) is 11.8 Å². The zero-order chi connectivity index (χ0) is 17.1. The van der Waals surface area contributed by atoms with E-state index in [2.05, 4.69) is 20.2 Å². The molecule has 5 nitrogen and oxygen atoms in total. The summed E-state index contributed by atoms with van der Waals surface area (Å²) in [5.41, 5.74) is 2.78. The number of aromatic nitrogens is 2. The second-order valence-corrected chi connectivity index (χ2v) is 6.08. The van der Waals surface area contributed by atoms with Crippen molar-refractivity contribution in [2.45, 2.75) is 0 Å². The number of benzene rings is 2. The number of amides is 1. The molecule has 1 aliphatic heterocycles. The molecule has 2 aromatic carbocycles. The van der Waals surface area contributed by atoms with Gasteiger partial charge in [0.2, 0.25) is 5.91 Å². The van der Waals surface area contributed by atoms with E-state index in [1.807, 2.05) is 66.7 Å². The predicted octanol–water partition coefficient (Wildman–Crippen LogP) is 3.22. The average Bonchev–Trinajstić information content (AvgIpc) is 2.62. The quantitative estimate of drug-likeness (QED) is 0.798. The summed E-state index contributed by atoms with van der Waals surface area (Å²) in [6.07, 6.45) is 1.58. The van der Waals surface area contributed by atoms with Crippen molar-refractivity contribution in [2.75, 3.05) is 23.3 Å². The minimum atomic E-state index is -0.0182. The number of carbonyl (C=O) groups is 1. The number of hydrogen-bond acceptors (Lipinski definition) is 4.